The zero-order valence-electron chi connectivity index (χ0n) is 22.2. The van der Waals surface area contributed by atoms with Crippen LogP contribution in [0.25, 0.3) is 0 Å². The van der Waals surface area contributed by atoms with Crippen molar-refractivity contribution in [1.29, 1.82) is 0 Å². The number of aliphatic carboxylic acids is 1. The van der Waals surface area contributed by atoms with Crippen molar-refractivity contribution in [2.24, 2.45) is 11.7 Å². The number of nitrogens with zero attached hydrogens (tertiary/aromatic N) is 1. The van der Waals surface area contributed by atoms with Crippen LogP contribution in [0.5, 0.6) is 5.75 Å². The molecule has 1 aliphatic rings. The van der Waals surface area contributed by atoms with Crippen LogP contribution in [0.1, 0.15) is 71.3 Å². The number of ether oxygens (including phenoxy) is 1. The lowest BCUT2D eigenvalue weighted by molar-refractivity contribution is -0.142. The minimum Gasteiger partial charge on any atom is -0.480 e. The number of amides is 2. The Morgan fingerprint density at radius 1 is 1.22 bits per heavy atom. The highest BCUT2D eigenvalue weighted by molar-refractivity contribution is 5.86. The maximum absolute atomic E-state index is 12.3. The number of hydrogen-bond donors (Lipinski definition) is 4. The highest BCUT2D eigenvalue weighted by Crippen LogP contribution is 2.37. The third-order valence-corrected chi connectivity index (χ3v) is 7.18. The first-order chi connectivity index (χ1) is 17.1. The third kappa shape index (κ3) is 8.78. The number of likely N-dealkylation sites (N-methyl/N-ethyl adjacent to an activating group) is 1. The molecule has 1 fully saturated rings. The van der Waals surface area contributed by atoms with Crippen LogP contribution in [-0.4, -0.2) is 66.7 Å². The molecule has 9 nitrogen and oxygen atoms in total. The molecular weight excluding hydrogens is 460 g/mol. The van der Waals surface area contributed by atoms with Crippen molar-refractivity contribution in [2.45, 2.75) is 83.2 Å². The number of nitrogens with two attached hydrogens (primary N) is 1. The number of carbonyl (C=O) groups excluding carboxylic acids is 2. The predicted molar refractivity (Wildman–Crippen MR) is 140 cm³/mol. The van der Waals surface area contributed by atoms with E-state index < -0.39 is 30.1 Å². The van der Waals surface area contributed by atoms with Crippen LogP contribution in [0.15, 0.2) is 24.3 Å². The predicted octanol–water partition coefficient (Wildman–Crippen LogP) is 3.26. The van der Waals surface area contributed by atoms with E-state index in [-0.39, 0.29) is 17.8 Å². The molecule has 1 aliphatic heterocycles. The number of benzene rings is 1. The molecule has 2 amide bonds. The maximum atomic E-state index is 12.3. The molecule has 9 heteroatoms. The Labute approximate surface area is 215 Å². The van der Waals surface area contributed by atoms with Gasteiger partial charge < -0.3 is 31.1 Å². The molecular formula is C27H44N4O5. The molecule has 1 aromatic rings. The number of likely N-dealkylation sites (tertiary alicyclic amines) is 1. The fourth-order valence-corrected chi connectivity index (χ4v) is 4.77. The van der Waals surface area contributed by atoms with E-state index >= 15 is 0 Å². The summed E-state index contributed by atoms with van der Waals surface area (Å²) in [4.78, 5) is 38.3. The van der Waals surface area contributed by atoms with Gasteiger partial charge in [0.15, 0.2) is 0 Å². The lowest BCUT2D eigenvalue weighted by atomic mass is 9.74. The summed E-state index contributed by atoms with van der Waals surface area (Å²) >= 11 is 0. The Bertz CT molecular complexity index is 877. The summed E-state index contributed by atoms with van der Waals surface area (Å²) in [5.41, 5.74) is 7.04. The van der Waals surface area contributed by atoms with Gasteiger partial charge in [-0.05, 0) is 75.7 Å². The summed E-state index contributed by atoms with van der Waals surface area (Å²) in [6.45, 7) is 8.26. The lowest BCUT2D eigenvalue weighted by Crippen LogP contribution is -2.50. The van der Waals surface area contributed by atoms with E-state index in [0.29, 0.717) is 25.1 Å². The number of nitrogens with one attached hydrogen (secondary N) is 2. The largest absolute Gasteiger partial charge is 0.480 e. The topological polar surface area (TPSA) is 134 Å². The summed E-state index contributed by atoms with van der Waals surface area (Å²) in [5.74, 6) is -1.14. The number of carboxylic acids is 1. The van der Waals surface area contributed by atoms with Crippen LogP contribution in [0, 0.1) is 5.92 Å². The smallest absolute Gasteiger partial charge is 0.412 e. The molecule has 3 atom stereocenters. The second-order valence-corrected chi connectivity index (χ2v) is 10.3. The zero-order valence-corrected chi connectivity index (χ0v) is 22.2. The lowest BCUT2D eigenvalue weighted by Gasteiger charge is -2.35. The molecule has 2 rings (SSSR count). The average Bonchev–Trinajstić information content (AvgIpc) is 3.04. The van der Waals surface area contributed by atoms with Crippen LogP contribution in [0.3, 0.4) is 0 Å². The maximum Gasteiger partial charge on any atom is 0.412 e. The standard InChI is InChI=1S/C27H44N4O5/c1-5-27(14-7-9-16-31(4)18-27)20-11-10-12-21(17-20)36-26(35)29-15-8-6-13-22(25(33)34)30-24(32)23(28)19(2)3/h10-12,17,19,22-23H,5-9,13-16,18,28H2,1-4H3,(H,29,35)(H,30,32)(H,33,34). The number of unbranched alkanes of at least 4 members (excludes halogenated alkanes) is 1. The van der Waals surface area contributed by atoms with Gasteiger partial charge in [0.25, 0.3) is 0 Å². The van der Waals surface area contributed by atoms with Gasteiger partial charge >= 0.3 is 12.1 Å². The second-order valence-electron chi connectivity index (χ2n) is 10.3. The Morgan fingerprint density at radius 2 is 1.97 bits per heavy atom. The SMILES string of the molecule is CCC1(c2cccc(OC(=O)NCCCCC(NC(=O)C(N)C(C)C)C(=O)O)c2)CCCCN(C)C1. The van der Waals surface area contributed by atoms with Gasteiger partial charge in [0.05, 0.1) is 6.04 Å². The molecule has 5 N–H and O–H groups in total. The fourth-order valence-electron chi connectivity index (χ4n) is 4.77. The quantitative estimate of drug-likeness (QED) is 0.321. The molecule has 0 saturated carbocycles. The van der Waals surface area contributed by atoms with E-state index in [0.717, 1.165) is 25.9 Å². The number of carboxylic acid groups (broad SMARTS) is 1. The summed E-state index contributed by atoms with van der Waals surface area (Å²) in [6.07, 6.45) is 5.29. The molecule has 1 saturated heterocycles. The first-order valence-corrected chi connectivity index (χ1v) is 13.1. The van der Waals surface area contributed by atoms with Gasteiger partial charge in [-0.2, -0.15) is 0 Å². The van der Waals surface area contributed by atoms with Gasteiger partial charge in [-0.1, -0.05) is 39.3 Å². The number of rotatable bonds is 12. The van der Waals surface area contributed by atoms with Gasteiger partial charge in [-0.25, -0.2) is 9.59 Å². The summed E-state index contributed by atoms with van der Waals surface area (Å²) < 4.78 is 5.53. The van der Waals surface area contributed by atoms with E-state index in [9.17, 15) is 19.5 Å². The first kappa shape index (κ1) is 29.6. The molecule has 3 unspecified atom stereocenters. The Morgan fingerprint density at radius 3 is 2.64 bits per heavy atom. The van der Waals surface area contributed by atoms with E-state index in [2.05, 4.69) is 35.6 Å². The van der Waals surface area contributed by atoms with Gasteiger partial charge in [0, 0.05) is 18.5 Å². The van der Waals surface area contributed by atoms with Crippen LogP contribution in [-0.2, 0) is 15.0 Å². The van der Waals surface area contributed by atoms with Crippen molar-refractivity contribution < 1.29 is 24.2 Å². The van der Waals surface area contributed by atoms with Gasteiger partial charge in [0.1, 0.15) is 11.8 Å². The van der Waals surface area contributed by atoms with Crippen molar-refractivity contribution in [3.8, 4) is 5.75 Å². The molecule has 0 spiro atoms. The van der Waals surface area contributed by atoms with Crippen LogP contribution in [0.2, 0.25) is 0 Å². The molecule has 202 valence electrons. The molecule has 36 heavy (non-hydrogen) atoms. The minimum absolute atomic E-state index is 0.0519. The second kappa shape index (κ2) is 14.2. The molecule has 0 radical (unpaired) electrons. The van der Waals surface area contributed by atoms with E-state index in [1.807, 2.05) is 12.1 Å². The summed E-state index contributed by atoms with van der Waals surface area (Å²) in [6, 6.07) is 6.06. The molecule has 1 heterocycles. The van der Waals surface area contributed by atoms with Crippen molar-refractivity contribution in [1.82, 2.24) is 15.5 Å². The van der Waals surface area contributed by atoms with E-state index in [1.165, 1.54) is 18.4 Å². The minimum atomic E-state index is -1.10. The molecule has 0 aliphatic carbocycles. The Balaban J connectivity index is 1.82. The highest BCUT2D eigenvalue weighted by atomic mass is 16.6. The van der Waals surface area contributed by atoms with Gasteiger partial charge in [-0.3, -0.25) is 4.79 Å². The van der Waals surface area contributed by atoms with Crippen molar-refractivity contribution >= 4 is 18.0 Å². The van der Waals surface area contributed by atoms with Crippen LogP contribution >= 0.6 is 0 Å². The number of hydrogen-bond acceptors (Lipinski definition) is 6. The highest BCUT2D eigenvalue weighted by Gasteiger charge is 2.33. The molecule has 1 aromatic carbocycles. The third-order valence-electron chi connectivity index (χ3n) is 7.18. The van der Waals surface area contributed by atoms with Gasteiger partial charge in [0.2, 0.25) is 5.91 Å². The van der Waals surface area contributed by atoms with Crippen LogP contribution in [0.4, 0.5) is 4.79 Å². The van der Waals surface area contributed by atoms with Crippen molar-refractivity contribution in [2.75, 3.05) is 26.7 Å². The Kier molecular flexibility index (Phi) is 11.7. The molecule has 0 aromatic heterocycles. The van der Waals surface area contributed by atoms with Crippen molar-refractivity contribution in [3.05, 3.63) is 29.8 Å². The zero-order chi connectivity index (χ0) is 26.7. The van der Waals surface area contributed by atoms with Crippen LogP contribution < -0.4 is 21.1 Å². The Hall–Kier alpha value is -2.65. The van der Waals surface area contributed by atoms with E-state index in [4.69, 9.17) is 10.5 Å². The fraction of sp³-hybridized carbons (Fsp3) is 0.667. The van der Waals surface area contributed by atoms with Crippen molar-refractivity contribution in [3.63, 3.8) is 0 Å². The summed E-state index contributed by atoms with van der Waals surface area (Å²) in [7, 11) is 2.16. The number of carbonyl (C=O) groups is 3. The van der Waals surface area contributed by atoms with E-state index in [1.54, 1.807) is 19.9 Å². The summed E-state index contributed by atoms with van der Waals surface area (Å²) in [5, 5.41) is 14.6. The average molecular weight is 505 g/mol. The normalized spacial score (nSPS) is 20.3. The monoisotopic (exact) mass is 504 g/mol. The molecule has 0 bridgehead atoms. The van der Waals surface area contributed by atoms with Gasteiger partial charge in [-0.15, -0.1) is 0 Å². The first-order valence-electron chi connectivity index (χ1n) is 13.1.